The van der Waals surface area contributed by atoms with Crippen molar-refractivity contribution in [3.8, 4) is 34.4 Å². The molecule has 8 heteroatoms. The molecule has 26 heavy (non-hydrogen) atoms. The van der Waals surface area contributed by atoms with Crippen LogP contribution in [0.25, 0.3) is 28.7 Å². The number of aromatic nitrogens is 5. The van der Waals surface area contributed by atoms with Gasteiger partial charge in [0.1, 0.15) is 5.75 Å². The summed E-state index contributed by atoms with van der Waals surface area (Å²) in [7, 11) is 1.62. The fourth-order valence-corrected chi connectivity index (χ4v) is 2.66. The summed E-state index contributed by atoms with van der Waals surface area (Å²) in [5.74, 6) is 1.55. The third-order valence-electron chi connectivity index (χ3n) is 3.94. The molecule has 2 heterocycles. The SMILES string of the molecule is COc1ccc(-c2noc(-c3nnn(-c4ccc(Cl)cc4)c3C)n2)cc1. The lowest BCUT2D eigenvalue weighted by Crippen LogP contribution is -1.98. The largest absolute Gasteiger partial charge is 0.497 e. The maximum atomic E-state index is 5.93. The Bertz CT molecular complexity index is 1040. The zero-order chi connectivity index (χ0) is 18.1. The van der Waals surface area contributed by atoms with Gasteiger partial charge in [-0.25, -0.2) is 4.68 Å². The number of ether oxygens (including phenoxy) is 1. The Morgan fingerprint density at radius 3 is 2.46 bits per heavy atom. The molecule has 0 aliphatic carbocycles. The maximum absolute atomic E-state index is 5.93. The molecule has 0 radical (unpaired) electrons. The van der Waals surface area contributed by atoms with Gasteiger partial charge in [0.15, 0.2) is 5.69 Å². The quantitative estimate of drug-likeness (QED) is 0.543. The Hall–Kier alpha value is -3.19. The Kier molecular flexibility index (Phi) is 4.14. The first-order valence-corrected chi connectivity index (χ1v) is 8.20. The third-order valence-corrected chi connectivity index (χ3v) is 4.19. The molecule has 0 N–H and O–H groups in total. The second-order valence-electron chi connectivity index (χ2n) is 5.56. The predicted octanol–water partition coefficient (Wildman–Crippen LogP) is 3.95. The van der Waals surface area contributed by atoms with Gasteiger partial charge in [-0.3, -0.25) is 0 Å². The van der Waals surface area contributed by atoms with Gasteiger partial charge in [0.25, 0.3) is 5.89 Å². The van der Waals surface area contributed by atoms with Crippen LogP contribution in [0.15, 0.2) is 53.1 Å². The van der Waals surface area contributed by atoms with Crippen LogP contribution in [0.4, 0.5) is 0 Å². The van der Waals surface area contributed by atoms with E-state index in [1.165, 1.54) is 0 Å². The summed E-state index contributed by atoms with van der Waals surface area (Å²) in [6.07, 6.45) is 0. The molecule has 4 rings (SSSR count). The van der Waals surface area contributed by atoms with Crippen molar-refractivity contribution >= 4 is 11.6 Å². The van der Waals surface area contributed by atoms with Gasteiger partial charge in [0.05, 0.1) is 18.5 Å². The van der Waals surface area contributed by atoms with Crippen molar-refractivity contribution < 1.29 is 9.26 Å². The van der Waals surface area contributed by atoms with Crippen molar-refractivity contribution in [3.05, 3.63) is 59.2 Å². The van der Waals surface area contributed by atoms with Crippen LogP contribution in [0.3, 0.4) is 0 Å². The summed E-state index contributed by atoms with van der Waals surface area (Å²) in [6, 6.07) is 14.7. The zero-order valence-corrected chi connectivity index (χ0v) is 14.8. The molecule has 0 unspecified atom stereocenters. The highest BCUT2D eigenvalue weighted by Crippen LogP contribution is 2.25. The summed E-state index contributed by atoms with van der Waals surface area (Å²) in [6.45, 7) is 1.89. The van der Waals surface area contributed by atoms with E-state index in [1.54, 1.807) is 23.9 Å². The highest BCUT2D eigenvalue weighted by atomic mass is 35.5. The van der Waals surface area contributed by atoms with Crippen LogP contribution in [0.2, 0.25) is 5.02 Å². The molecule has 0 saturated carbocycles. The molecule has 0 fully saturated rings. The fraction of sp³-hybridized carbons (Fsp3) is 0.111. The molecule has 0 bridgehead atoms. The molecule has 0 spiro atoms. The maximum Gasteiger partial charge on any atom is 0.280 e. The fourth-order valence-electron chi connectivity index (χ4n) is 2.53. The van der Waals surface area contributed by atoms with Crippen LogP contribution in [0, 0.1) is 6.92 Å². The minimum atomic E-state index is 0.313. The van der Waals surface area contributed by atoms with E-state index in [0.29, 0.717) is 22.4 Å². The van der Waals surface area contributed by atoms with E-state index in [4.69, 9.17) is 20.9 Å². The van der Waals surface area contributed by atoms with Crippen LogP contribution in [-0.4, -0.2) is 32.2 Å². The monoisotopic (exact) mass is 367 g/mol. The Labute approximate surface area is 154 Å². The van der Waals surface area contributed by atoms with Gasteiger partial charge in [-0.15, -0.1) is 5.10 Å². The second kappa shape index (κ2) is 6.61. The van der Waals surface area contributed by atoms with Gasteiger partial charge in [-0.1, -0.05) is 22.0 Å². The molecule has 2 aromatic heterocycles. The molecule has 7 nitrogen and oxygen atoms in total. The topological polar surface area (TPSA) is 78.9 Å². The summed E-state index contributed by atoms with van der Waals surface area (Å²) in [5.41, 5.74) is 2.99. The Balaban J connectivity index is 1.66. The predicted molar refractivity (Wildman–Crippen MR) is 96.4 cm³/mol. The number of halogens is 1. The van der Waals surface area contributed by atoms with E-state index in [-0.39, 0.29) is 0 Å². The minimum absolute atomic E-state index is 0.313. The van der Waals surface area contributed by atoms with Crippen LogP contribution in [0.5, 0.6) is 5.75 Å². The van der Waals surface area contributed by atoms with Gasteiger partial charge >= 0.3 is 0 Å². The van der Waals surface area contributed by atoms with Gasteiger partial charge in [-0.2, -0.15) is 4.98 Å². The van der Waals surface area contributed by atoms with Crippen molar-refractivity contribution in [2.45, 2.75) is 6.92 Å². The average Bonchev–Trinajstić information content (AvgIpc) is 3.29. The second-order valence-corrected chi connectivity index (χ2v) is 6.00. The molecule has 0 atom stereocenters. The highest BCUT2D eigenvalue weighted by Gasteiger charge is 2.19. The number of rotatable bonds is 4. The molecule has 0 saturated heterocycles. The summed E-state index contributed by atoms with van der Waals surface area (Å²) >= 11 is 5.93. The molecule has 0 aliphatic heterocycles. The van der Waals surface area contributed by atoms with Gasteiger partial charge in [-0.05, 0) is 55.5 Å². The van der Waals surface area contributed by atoms with Crippen LogP contribution < -0.4 is 4.74 Å². The van der Waals surface area contributed by atoms with E-state index in [1.807, 2.05) is 43.3 Å². The van der Waals surface area contributed by atoms with E-state index in [0.717, 1.165) is 22.7 Å². The first kappa shape index (κ1) is 16.3. The molecular weight excluding hydrogens is 354 g/mol. The van der Waals surface area contributed by atoms with Crippen molar-refractivity contribution in [2.24, 2.45) is 0 Å². The molecule has 0 aliphatic rings. The normalized spacial score (nSPS) is 10.9. The lowest BCUT2D eigenvalue weighted by molar-refractivity contribution is 0.414. The van der Waals surface area contributed by atoms with E-state index < -0.39 is 0 Å². The third kappa shape index (κ3) is 2.93. The first-order valence-electron chi connectivity index (χ1n) is 7.82. The van der Waals surface area contributed by atoms with E-state index >= 15 is 0 Å². The number of hydrogen-bond acceptors (Lipinski definition) is 6. The summed E-state index contributed by atoms with van der Waals surface area (Å²) in [4.78, 5) is 4.43. The minimum Gasteiger partial charge on any atom is -0.497 e. The summed E-state index contributed by atoms with van der Waals surface area (Å²) in [5, 5.41) is 13.1. The van der Waals surface area contributed by atoms with Crippen molar-refractivity contribution in [1.29, 1.82) is 0 Å². The van der Waals surface area contributed by atoms with Crippen molar-refractivity contribution in [3.63, 3.8) is 0 Å². The van der Waals surface area contributed by atoms with Gasteiger partial charge < -0.3 is 9.26 Å². The van der Waals surface area contributed by atoms with Gasteiger partial charge in [0, 0.05) is 10.6 Å². The van der Waals surface area contributed by atoms with Crippen LogP contribution >= 0.6 is 11.6 Å². The van der Waals surface area contributed by atoms with Gasteiger partial charge in [0.2, 0.25) is 5.82 Å². The molecule has 130 valence electrons. The standard InChI is InChI=1S/C18H14ClN5O2/c1-11-16(21-23-24(11)14-7-5-13(19)6-8-14)18-20-17(22-26-18)12-3-9-15(25-2)10-4-12/h3-10H,1-2H3. The number of hydrogen-bond donors (Lipinski definition) is 0. The molecule has 0 amide bonds. The first-order chi connectivity index (χ1) is 12.7. The van der Waals surface area contributed by atoms with Crippen molar-refractivity contribution in [1.82, 2.24) is 25.1 Å². The van der Waals surface area contributed by atoms with Crippen molar-refractivity contribution in [2.75, 3.05) is 7.11 Å². The zero-order valence-electron chi connectivity index (χ0n) is 14.0. The average molecular weight is 368 g/mol. The molecule has 4 aromatic rings. The number of nitrogens with zero attached hydrogens (tertiary/aromatic N) is 5. The van der Waals surface area contributed by atoms with E-state index in [9.17, 15) is 0 Å². The lowest BCUT2D eigenvalue weighted by atomic mass is 10.2. The highest BCUT2D eigenvalue weighted by molar-refractivity contribution is 6.30. The Morgan fingerprint density at radius 1 is 1.04 bits per heavy atom. The number of benzene rings is 2. The molecule has 2 aromatic carbocycles. The van der Waals surface area contributed by atoms with Crippen LogP contribution in [-0.2, 0) is 0 Å². The smallest absolute Gasteiger partial charge is 0.280 e. The molecular formula is C18H14ClN5O2. The number of methoxy groups -OCH3 is 1. The van der Waals surface area contributed by atoms with E-state index in [2.05, 4.69) is 20.5 Å². The Morgan fingerprint density at radius 2 is 1.77 bits per heavy atom. The summed E-state index contributed by atoms with van der Waals surface area (Å²) < 4.78 is 12.2. The lowest BCUT2D eigenvalue weighted by Gasteiger charge is -2.02. The van der Waals surface area contributed by atoms with Crippen LogP contribution in [0.1, 0.15) is 5.69 Å².